The van der Waals surface area contributed by atoms with Crippen LogP contribution in [0.1, 0.15) is 54.9 Å². The molecular weight excluding hydrogens is 306 g/mol. The van der Waals surface area contributed by atoms with Gasteiger partial charge in [-0.05, 0) is 52.2 Å². The van der Waals surface area contributed by atoms with E-state index in [2.05, 4.69) is 39.9 Å². The highest BCUT2D eigenvalue weighted by Crippen LogP contribution is 2.37. The van der Waals surface area contributed by atoms with Crippen LogP contribution in [0, 0.1) is 0 Å². The molecule has 0 aromatic rings. The van der Waals surface area contributed by atoms with Crippen LogP contribution >= 0.6 is 0 Å². The van der Waals surface area contributed by atoms with Gasteiger partial charge in [0.2, 0.25) is 0 Å². The fraction of sp³-hybridized carbons (Fsp3) is 0.833. The van der Waals surface area contributed by atoms with Crippen LogP contribution in [0.2, 0.25) is 18.1 Å². The lowest BCUT2D eigenvalue weighted by Gasteiger charge is -2.38. The molecule has 1 saturated heterocycles. The summed E-state index contributed by atoms with van der Waals surface area (Å²) in [5, 5.41) is 0.172. The molecular formula is C18H35NO3Si. The molecule has 0 aromatic carbocycles. The van der Waals surface area contributed by atoms with Crippen molar-refractivity contribution in [3.8, 4) is 0 Å². The van der Waals surface area contributed by atoms with Gasteiger partial charge < -0.3 is 9.16 Å². The second kappa shape index (κ2) is 6.97. The van der Waals surface area contributed by atoms with Gasteiger partial charge in [0.05, 0.1) is 12.6 Å². The van der Waals surface area contributed by atoms with Crippen LogP contribution in [0.4, 0.5) is 4.79 Å². The standard InChI is InChI=1S/C18H35NO3Si/c1-10-14-11-15(13-21-23(8,9)18(5,6)7)19(12-14)16(20)22-17(2,3)4/h10,15H,11-13H2,1-9H3/t15-/m0/s1. The highest BCUT2D eigenvalue weighted by atomic mass is 28.4. The first-order valence-corrected chi connectivity index (χ1v) is 11.5. The normalized spacial score (nSPS) is 21.9. The average Bonchev–Trinajstić information content (AvgIpc) is 2.76. The number of carbonyl (C=O) groups is 1. The number of allylic oxidation sites excluding steroid dienone is 1. The van der Waals surface area contributed by atoms with E-state index in [1.807, 2.05) is 32.6 Å². The van der Waals surface area contributed by atoms with Crippen molar-refractivity contribution >= 4 is 14.4 Å². The van der Waals surface area contributed by atoms with Gasteiger partial charge in [0, 0.05) is 6.54 Å². The van der Waals surface area contributed by atoms with Crippen LogP contribution in [-0.2, 0) is 9.16 Å². The molecule has 0 saturated carbocycles. The molecule has 0 aromatic heterocycles. The van der Waals surface area contributed by atoms with Gasteiger partial charge >= 0.3 is 6.09 Å². The minimum absolute atomic E-state index is 0.0742. The van der Waals surface area contributed by atoms with Crippen molar-refractivity contribution < 1.29 is 14.0 Å². The lowest BCUT2D eigenvalue weighted by Crippen LogP contribution is -2.46. The Morgan fingerprint density at radius 1 is 1.26 bits per heavy atom. The zero-order valence-electron chi connectivity index (χ0n) is 16.4. The van der Waals surface area contributed by atoms with Crippen LogP contribution < -0.4 is 0 Å². The molecule has 23 heavy (non-hydrogen) atoms. The maximum Gasteiger partial charge on any atom is 0.410 e. The van der Waals surface area contributed by atoms with Crippen LogP contribution in [0.5, 0.6) is 0 Å². The highest BCUT2D eigenvalue weighted by molar-refractivity contribution is 6.74. The summed E-state index contributed by atoms with van der Waals surface area (Å²) in [5.41, 5.74) is 0.806. The van der Waals surface area contributed by atoms with Gasteiger partial charge in [-0.25, -0.2) is 4.79 Å². The van der Waals surface area contributed by atoms with E-state index in [0.29, 0.717) is 13.2 Å². The van der Waals surface area contributed by atoms with E-state index in [-0.39, 0.29) is 17.2 Å². The lowest BCUT2D eigenvalue weighted by molar-refractivity contribution is 0.0184. The van der Waals surface area contributed by atoms with Crippen molar-refractivity contribution in [1.29, 1.82) is 0 Å². The third kappa shape index (κ3) is 5.64. The second-order valence-corrected chi connectivity index (χ2v) is 13.8. The molecule has 134 valence electrons. The molecule has 1 rings (SSSR count). The van der Waals surface area contributed by atoms with Gasteiger partial charge in [0.25, 0.3) is 0 Å². The molecule has 0 spiro atoms. The Bertz CT molecular complexity index is 458. The molecule has 1 aliphatic rings. The van der Waals surface area contributed by atoms with Crippen molar-refractivity contribution in [2.75, 3.05) is 13.2 Å². The predicted octanol–water partition coefficient (Wildman–Crippen LogP) is 4.96. The molecule has 0 aliphatic carbocycles. The molecule has 4 nitrogen and oxygen atoms in total. The smallest absolute Gasteiger partial charge is 0.410 e. The maximum atomic E-state index is 12.5. The minimum atomic E-state index is -1.81. The Balaban J connectivity index is 2.80. The number of hydrogen-bond donors (Lipinski definition) is 0. The van der Waals surface area contributed by atoms with Gasteiger partial charge in [-0.3, -0.25) is 4.90 Å². The quantitative estimate of drug-likeness (QED) is 0.538. The zero-order chi connectivity index (χ0) is 18.1. The number of likely N-dealkylation sites (tertiary alicyclic amines) is 1. The Labute approximate surface area is 143 Å². The number of hydrogen-bond acceptors (Lipinski definition) is 3. The molecule has 1 fully saturated rings. The Hall–Kier alpha value is -0.813. The highest BCUT2D eigenvalue weighted by Gasteiger charge is 2.40. The number of rotatable bonds is 3. The summed E-state index contributed by atoms with van der Waals surface area (Å²) in [4.78, 5) is 14.3. The van der Waals surface area contributed by atoms with E-state index >= 15 is 0 Å². The van der Waals surface area contributed by atoms with Gasteiger partial charge in [-0.2, -0.15) is 0 Å². The maximum absolute atomic E-state index is 12.5. The SMILES string of the molecule is CC=C1C[C@@H](CO[Si](C)(C)C(C)(C)C)N(C(=O)OC(C)(C)C)C1. The molecule has 1 aliphatic heterocycles. The number of ether oxygens (including phenoxy) is 1. The van der Waals surface area contributed by atoms with Crippen molar-refractivity contribution in [3.63, 3.8) is 0 Å². The molecule has 1 heterocycles. The van der Waals surface area contributed by atoms with Gasteiger partial charge in [0.15, 0.2) is 8.32 Å². The molecule has 0 unspecified atom stereocenters. The van der Waals surface area contributed by atoms with Crippen molar-refractivity contribution in [2.24, 2.45) is 0 Å². The monoisotopic (exact) mass is 341 g/mol. The summed E-state index contributed by atoms with van der Waals surface area (Å²) >= 11 is 0. The largest absolute Gasteiger partial charge is 0.444 e. The van der Waals surface area contributed by atoms with Crippen LogP contribution in [0.25, 0.3) is 0 Å². The van der Waals surface area contributed by atoms with Crippen LogP contribution in [0.15, 0.2) is 11.6 Å². The summed E-state index contributed by atoms with van der Waals surface area (Å²) in [6.07, 6.45) is 2.74. The summed E-state index contributed by atoms with van der Waals surface area (Å²) in [6.45, 7) is 20.2. The van der Waals surface area contributed by atoms with Crippen molar-refractivity contribution in [1.82, 2.24) is 4.90 Å². The molecule has 1 amide bonds. The molecule has 1 atom stereocenters. The van der Waals surface area contributed by atoms with E-state index in [9.17, 15) is 4.79 Å². The van der Waals surface area contributed by atoms with E-state index in [4.69, 9.17) is 9.16 Å². The molecule has 0 N–H and O–H groups in total. The first kappa shape index (κ1) is 20.2. The van der Waals surface area contributed by atoms with Crippen LogP contribution in [-0.4, -0.2) is 44.1 Å². The Morgan fingerprint density at radius 2 is 1.83 bits per heavy atom. The topological polar surface area (TPSA) is 38.8 Å². The third-order valence-corrected chi connectivity index (χ3v) is 9.29. The van der Waals surface area contributed by atoms with Crippen LogP contribution in [0.3, 0.4) is 0 Å². The molecule has 0 bridgehead atoms. The Kier molecular flexibility index (Phi) is 6.13. The van der Waals surface area contributed by atoms with E-state index in [1.54, 1.807) is 0 Å². The zero-order valence-corrected chi connectivity index (χ0v) is 17.4. The number of nitrogens with zero attached hydrogens (tertiary/aromatic N) is 1. The summed E-state index contributed by atoms with van der Waals surface area (Å²) in [6, 6.07) is 0.0742. The van der Waals surface area contributed by atoms with E-state index in [1.165, 1.54) is 5.57 Å². The first-order chi connectivity index (χ1) is 10.3. The summed E-state index contributed by atoms with van der Waals surface area (Å²) < 4.78 is 11.9. The summed E-state index contributed by atoms with van der Waals surface area (Å²) in [7, 11) is -1.81. The predicted molar refractivity (Wildman–Crippen MR) is 98.3 cm³/mol. The van der Waals surface area contributed by atoms with Gasteiger partial charge in [-0.15, -0.1) is 0 Å². The number of carbonyl (C=O) groups excluding carboxylic acids is 1. The first-order valence-electron chi connectivity index (χ1n) is 8.54. The number of amides is 1. The van der Waals surface area contributed by atoms with E-state index in [0.717, 1.165) is 6.42 Å². The average molecular weight is 342 g/mol. The summed E-state index contributed by atoms with van der Waals surface area (Å²) in [5.74, 6) is 0. The van der Waals surface area contributed by atoms with Crippen molar-refractivity contribution in [3.05, 3.63) is 11.6 Å². The fourth-order valence-corrected chi connectivity index (χ4v) is 3.28. The fourth-order valence-electron chi connectivity index (χ4n) is 2.24. The van der Waals surface area contributed by atoms with Gasteiger partial charge in [0.1, 0.15) is 5.60 Å². The van der Waals surface area contributed by atoms with E-state index < -0.39 is 13.9 Å². The molecule has 5 heteroatoms. The lowest BCUT2D eigenvalue weighted by atomic mass is 10.1. The third-order valence-electron chi connectivity index (χ3n) is 4.79. The molecule has 0 radical (unpaired) electrons. The van der Waals surface area contributed by atoms with Gasteiger partial charge in [-0.1, -0.05) is 32.4 Å². The Morgan fingerprint density at radius 3 is 2.26 bits per heavy atom. The minimum Gasteiger partial charge on any atom is -0.444 e. The second-order valence-electron chi connectivity index (χ2n) is 8.98. The van der Waals surface area contributed by atoms with Crippen molar-refractivity contribution in [2.45, 2.75) is 84.7 Å².